The first kappa shape index (κ1) is 13.5. The third-order valence-corrected chi connectivity index (χ3v) is 3.80. The number of nitrogens with two attached hydrogens (primary N) is 1. The lowest BCUT2D eigenvalue weighted by Crippen LogP contribution is -2.23. The van der Waals surface area contributed by atoms with Crippen molar-refractivity contribution in [3.8, 4) is 0 Å². The third-order valence-electron chi connectivity index (χ3n) is 3.80. The molecule has 0 saturated heterocycles. The standard InChI is InChI=1S/C13H24N4O/c1-10-15-16-13(12(14)8-9-18-2)17(10)11-6-4-3-5-7-11/h11-12H,3-9,14H2,1-2H3. The van der Waals surface area contributed by atoms with Crippen molar-refractivity contribution in [2.75, 3.05) is 13.7 Å². The van der Waals surface area contributed by atoms with E-state index in [2.05, 4.69) is 14.8 Å². The summed E-state index contributed by atoms with van der Waals surface area (Å²) in [5.41, 5.74) is 6.20. The van der Waals surface area contributed by atoms with Crippen molar-refractivity contribution in [2.24, 2.45) is 5.73 Å². The van der Waals surface area contributed by atoms with E-state index in [1.807, 2.05) is 6.92 Å². The smallest absolute Gasteiger partial charge is 0.150 e. The maximum Gasteiger partial charge on any atom is 0.150 e. The molecule has 1 aromatic rings. The third kappa shape index (κ3) is 2.90. The lowest BCUT2D eigenvalue weighted by molar-refractivity contribution is 0.185. The number of aromatic nitrogens is 3. The second-order valence-electron chi connectivity index (χ2n) is 5.16. The Bertz CT molecular complexity index is 371. The molecule has 2 rings (SSSR count). The summed E-state index contributed by atoms with van der Waals surface area (Å²) in [5, 5.41) is 8.49. The fourth-order valence-electron chi connectivity index (χ4n) is 2.80. The zero-order valence-electron chi connectivity index (χ0n) is 11.4. The minimum Gasteiger partial charge on any atom is -0.385 e. The summed E-state index contributed by atoms with van der Waals surface area (Å²) in [6.45, 7) is 2.69. The van der Waals surface area contributed by atoms with Crippen molar-refractivity contribution in [3.63, 3.8) is 0 Å². The molecule has 0 spiro atoms. The van der Waals surface area contributed by atoms with E-state index < -0.39 is 0 Å². The molecule has 2 N–H and O–H groups in total. The summed E-state index contributed by atoms with van der Waals surface area (Å²) >= 11 is 0. The van der Waals surface area contributed by atoms with Crippen molar-refractivity contribution in [1.29, 1.82) is 0 Å². The second-order valence-corrected chi connectivity index (χ2v) is 5.16. The van der Waals surface area contributed by atoms with Gasteiger partial charge in [0, 0.05) is 19.8 Å². The fourth-order valence-corrected chi connectivity index (χ4v) is 2.80. The minimum atomic E-state index is -0.0759. The van der Waals surface area contributed by atoms with E-state index in [4.69, 9.17) is 10.5 Å². The predicted molar refractivity (Wildman–Crippen MR) is 70.3 cm³/mol. The van der Waals surface area contributed by atoms with Crippen LogP contribution in [0.3, 0.4) is 0 Å². The lowest BCUT2D eigenvalue weighted by atomic mass is 9.95. The topological polar surface area (TPSA) is 66.0 Å². The van der Waals surface area contributed by atoms with Gasteiger partial charge in [0.2, 0.25) is 0 Å². The zero-order chi connectivity index (χ0) is 13.0. The molecule has 5 nitrogen and oxygen atoms in total. The van der Waals surface area contributed by atoms with Crippen LogP contribution in [-0.2, 0) is 4.74 Å². The minimum absolute atomic E-state index is 0.0759. The van der Waals surface area contributed by atoms with Gasteiger partial charge in [0.15, 0.2) is 0 Å². The Labute approximate surface area is 109 Å². The van der Waals surface area contributed by atoms with Gasteiger partial charge >= 0.3 is 0 Å². The van der Waals surface area contributed by atoms with Crippen LogP contribution in [0.1, 0.15) is 62.3 Å². The monoisotopic (exact) mass is 252 g/mol. The van der Waals surface area contributed by atoms with Crippen LogP contribution in [0, 0.1) is 6.92 Å². The average Bonchev–Trinajstić information content (AvgIpc) is 2.79. The highest BCUT2D eigenvalue weighted by Crippen LogP contribution is 2.31. The number of nitrogens with zero attached hydrogens (tertiary/aromatic N) is 3. The average molecular weight is 252 g/mol. The molecule has 1 saturated carbocycles. The van der Waals surface area contributed by atoms with Crippen LogP contribution in [0.15, 0.2) is 0 Å². The first-order chi connectivity index (χ1) is 8.74. The first-order valence-corrected chi connectivity index (χ1v) is 6.90. The highest BCUT2D eigenvalue weighted by molar-refractivity contribution is 5.02. The van der Waals surface area contributed by atoms with Gasteiger partial charge in [0.1, 0.15) is 11.6 Å². The van der Waals surface area contributed by atoms with Crippen molar-refractivity contribution in [3.05, 3.63) is 11.6 Å². The molecule has 102 valence electrons. The molecule has 0 aliphatic heterocycles. The van der Waals surface area contributed by atoms with Crippen LogP contribution in [0.5, 0.6) is 0 Å². The Morgan fingerprint density at radius 1 is 1.33 bits per heavy atom. The predicted octanol–water partition coefficient (Wildman–Crippen LogP) is 2.13. The SMILES string of the molecule is COCCC(N)c1nnc(C)n1C1CCCCC1. The summed E-state index contributed by atoms with van der Waals surface area (Å²) in [6, 6.07) is 0.463. The largest absolute Gasteiger partial charge is 0.385 e. The van der Waals surface area contributed by atoms with Gasteiger partial charge in [-0.1, -0.05) is 19.3 Å². The molecule has 1 fully saturated rings. The number of methoxy groups -OCH3 is 1. The normalized spacial score (nSPS) is 19.1. The van der Waals surface area contributed by atoms with Crippen molar-refractivity contribution in [2.45, 2.75) is 57.5 Å². The van der Waals surface area contributed by atoms with Crippen LogP contribution in [0.2, 0.25) is 0 Å². The molecule has 1 unspecified atom stereocenters. The Morgan fingerprint density at radius 3 is 2.72 bits per heavy atom. The van der Waals surface area contributed by atoms with Gasteiger partial charge in [-0.3, -0.25) is 0 Å². The van der Waals surface area contributed by atoms with Crippen molar-refractivity contribution >= 4 is 0 Å². The van der Waals surface area contributed by atoms with Crippen molar-refractivity contribution in [1.82, 2.24) is 14.8 Å². The molecule has 0 bridgehead atoms. The van der Waals surface area contributed by atoms with Crippen LogP contribution < -0.4 is 5.73 Å². The maximum absolute atomic E-state index is 6.20. The van der Waals surface area contributed by atoms with E-state index in [-0.39, 0.29) is 6.04 Å². The van der Waals surface area contributed by atoms with E-state index >= 15 is 0 Å². The molecule has 1 aliphatic carbocycles. The first-order valence-electron chi connectivity index (χ1n) is 6.90. The molecular formula is C13H24N4O. The van der Waals surface area contributed by atoms with Gasteiger partial charge in [-0.2, -0.15) is 0 Å². The van der Waals surface area contributed by atoms with Crippen LogP contribution in [-0.4, -0.2) is 28.5 Å². The number of hydrogen-bond donors (Lipinski definition) is 1. The molecule has 1 heterocycles. The zero-order valence-corrected chi connectivity index (χ0v) is 11.4. The van der Waals surface area contributed by atoms with Gasteiger partial charge in [-0.15, -0.1) is 10.2 Å². The number of ether oxygens (including phenoxy) is 1. The summed E-state index contributed by atoms with van der Waals surface area (Å²) in [7, 11) is 1.70. The van der Waals surface area contributed by atoms with Gasteiger partial charge < -0.3 is 15.0 Å². The van der Waals surface area contributed by atoms with Gasteiger partial charge in [-0.25, -0.2) is 0 Å². The van der Waals surface area contributed by atoms with Crippen molar-refractivity contribution < 1.29 is 4.74 Å². The molecule has 0 radical (unpaired) electrons. The van der Waals surface area contributed by atoms with E-state index in [0.29, 0.717) is 12.6 Å². The second kappa shape index (κ2) is 6.29. The summed E-state index contributed by atoms with van der Waals surface area (Å²) < 4.78 is 7.35. The van der Waals surface area contributed by atoms with E-state index in [0.717, 1.165) is 18.1 Å². The van der Waals surface area contributed by atoms with Gasteiger partial charge in [-0.05, 0) is 26.2 Å². The molecule has 18 heavy (non-hydrogen) atoms. The van der Waals surface area contributed by atoms with E-state index in [9.17, 15) is 0 Å². The summed E-state index contributed by atoms with van der Waals surface area (Å²) in [6.07, 6.45) is 7.19. The van der Waals surface area contributed by atoms with Crippen LogP contribution in [0.4, 0.5) is 0 Å². The van der Waals surface area contributed by atoms with Gasteiger partial charge in [0.25, 0.3) is 0 Å². The lowest BCUT2D eigenvalue weighted by Gasteiger charge is -2.26. The van der Waals surface area contributed by atoms with Crippen LogP contribution >= 0.6 is 0 Å². The van der Waals surface area contributed by atoms with E-state index in [1.165, 1.54) is 32.1 Å². The summed E-state index contributed by atoms with van der Waals surface area (Å²) in [5.74, 6) is 1.92. The molecule has 0 amide bonds. The molecule has 1 atom stereocenters. The van der Waals surface area contributed by atoms with E-state index in [1.54, 1.807) is 7.11 Å². The van der Waals surface area contributed by atoms with Gasteiger partial charge in [0.05, 0.1) is 6.04 Å². The summed E-state index contributed by atoms with van der Waals surface area (Å²) in [4.78, 5) is 0. The van der Waals surface area contributed by atoms with Crippen LogP contribution in [0.25, 0.3) is 0 Å². The number of rotatable bonds is 5. The number of hydrogen-bond acceptors (Lipinski definition) is 4. The quantitative estimate of drug-likeness (QED) is 0.871. The number of aryl methyl sites for hydroxylation is 1. The highest BCUT2D eigenvalue weighted by atomic mass is 16.5. The Morgan fingerprint density at radius 2 is 2.06 bits per heavy atom. The molecule has 0 aromatic carbocycles. The Kier molecular flexibility index (Phi) is 4.72. The Hall–Kier alpha value is -0.940. The Balaban J connectivity index is 2.15. The molecule has 5 heteroatoms. The molecular weight excluding hydrogens is 228 g/mol. The fraction of sp³-hybridized carbons (Fsp3) is 0.846. The maximum atomic E-state index is 6.20. The molecule has 1 aromatic heterocycles. The molecule has 1 aliphatic rings. The highest BCUT2D eigenvalue weighted by Gasteiger charge is 2.23.